The molecule has 0 amide bonds. The molecule has 1 aliphatic rings. The second kappa shape index (κ2) is 5.99. The first-order valence-corrected chi connectivity index (χ1v) is 6.55. The summed E-state index contributed by atoms with van der Waals surface area (Å²) in [6.45, 7) is 11.0. The Morgan fingerprint density at radius 1 is 1.31 bits per heavy atom. The van der Waals surface area contributed by atoms with E-state index in [1.54, 1.807) is 0 Å². The molecular formula is C13H27NO2. The van der Waals surface area contributed by atoms with Crippen molar-refractivity contribution in [3.8, 4) is 0 Å². The third-order valence-corrected chi connectivity index (χ3v) is 3.79. The van der Waals surface area contributed by atoms with Crippen LogP contribution in [0.25, 0.3) is 0 Å². The predicted octanol–water partition coefficient (Wildman–Crippen LogP) is 2.93. The Balaban J connectivity index is 2.58. The highest BCUT2D eigenvalue weighted by atomic mass is 16.5. The number of hydrogen-bond donors (Lipinski definition) is 1. The average Bonchev–Trinajstić information content (AvgIpc) is 2.17. The van der Waals surface area contributed by atoms with E-state index in [2.05, 4.69) is 20.8 Å². The molecule has 3 nitrogen and oxygen atoms in total. The van der Waals surface area contributed by atoms with Gasteiger partial charge in [0.1, 0.15) is 0 Å². The lowest BCUT2D eigenvalue weighted by Crippen LogP contribution is -2.47. The molecule has 1 rings (SSSR count). The van der Waals surface area contributed by atoms with E-state index >= 15 is 0 Å². The molecule has 1 saturated heterocycles. The van der Waals surface area contributed by atoms with Gasteiger partial charge in [0, 0.05) is 13.2 Å². The summed E-state index contributed by atoms with van der Waals surface area (Å²) in [4.78, 5) is 0. The number of hydroxylamine groups is 2. The van der Waals surface area contributed by atoms with E-state index in [0.717, 1.165) is 19.6 Å². The molecule has 0 aliphatic carbocycles. The molecule has 0 saturated carbocycles. The van der Waals surface area contributed by atoms with E-state index in [0.29, 0.717) is 17.9 Å². The molecule has 16 heavy (non-hydrogen) atoms. The third kappa shape index (κ3) is 3.72. The summed E-state index contributed by atoms with van der Waals surface area (Å²) in [7, 11) is 0. The molecule has 96 valence electrons. The van der Waals surface area contributed by atoms with Crippen LogP contribution < -0.4 is 0 Å². The second-order valence-electron chi connectivity index (χ2n) is 5.62. The minimum Gasteiger partial charge on any atom is -0.377 e. The minimum atomic E-state index is 0.199. The number of hydrogen-bond acceptors (Lipinski definition) is 3. The SMILES string of the molecule is CCCC(C)(C)C1CC(OCC)CN(O)C1. The van der Waals surface area contributed by atoms with Crippen LogP contribution in [-0.2, 0) is 4.74 Å². The first-order valence-electron chi connectivity index (χ1n) is 6.55. The van der Waals surface area contributed by atoms with Crippen LogP contribution in [0.3, 0.4) is 0 Å². The van der Waals surface area contributed by atoms with Crippen LogP contribution in [0, 0.1) is 11.3 Å². The zero-order valence-corrected chi connectivity index (χ0v) is 11.2. The molecule has 0 aromatic carbocycles. The Morgan fingerprint density at radius 2 is 2.00 bits per heavy atom. The van der Waals surface area contributed by atoms with Gasteiger partial charge in [0.05, 0.1) is 12.6 Å². The van der Waals surface area contributed by atoms with Crippen LogP contribution in [0.5, 0.6) is 0 Å². The summed E-state index contributed by atoms with van der Waals surface area (Å²) in [5, 5.41) is 11.2. The van der Waals surface area contributed by atoms with Gasteiger partial charge < -0.3 is 9.94 Å². The van der Waals surface area contributed by atoms with Gasteiger partial charge in [-0.1, -0.05) is 27.2 Å². The van der Waals surface area contributed by atoms with Gasteiger partial charge in [-0.05, 0) is 31.1 Å². The van der Waals surface area contributed by atoms with E-state index < -0.39 is 0 Å². The Kier molecular flexibility index (Phi) is 5.22. The molecule has 2 unspecified atom stereocenters. The smallest absolute Gasteiger partial charge is 0.0728 e. The fourth-order valence-corrected chi connectivity index (χ4v) is 2.80. The predicted molar refractivity (Wildman–Crippen MR) is 65.6 cm³/mol. The molecule has 1 N–H and O–H groups in total. The van der Waals surface area contributed by atoms with Crippen LogP contribution in [0.15, 0.2) is 0 Å². The largest absolute Gasteiger partial charge is 0.377 e. The van der Waals surface area contributed by atoms with Crippen LogP contribution in [0.1, 0.15) is 47.0 Å². The first-order chi connectivity index (χ1) is 7.49. The van der Waals surface area contributed by atoms with Gasteiger partial charge in [-0.15, -0.1) is 0 Å². The van der Waals surface area contributed by atoms with E-state index in [9.17, 15) is 5.21 Å². The molecule has 2 atom stereocenters. The molecular weight excluding hydrogens is 202 g/mol. The zero-order chi connectivity index (χ0) is 12.2. The fourth-order valence-electron chi connectivity index (χ4n) is 2.80. The van der Waals surface area contributed by atoms with E-state index in [4.69, 9.17) is 4.74 Å². The highest BCUT2D eigenvalue weighted by Gasteiger charge is 2.36. The molecule has 0 aromatic rings. The maximum Gasteiger partial charge on any atom is 0.0728 e. The zero-order valence-electron chi connectivity index (χ0n) is 11.2. The lowest BCUT2D eigenvalue weighted by atomic mass is 9.72. The minimum absolute atomic E-state index is 0.199. The molecule has 1 aliphatic heterocycles. The summed E-state index contributed by atoms with van der Waals surface area (Å²) in [5.74, 6) is 0.530. The lowest BCUT2D eigenvalue weighted by Gasteiger charge is -2.42. The van der Waals surface area contributed by atoms with Crippen molar-refractivity contribution >= 4 is 0 Å². The van der Waals surface area contributed by atoms with Gasteiger partial charge in [0.15, 0.2) is 0 Å². The molecule has 1 heterocycles. The molecule has 3 heteroatoms. The standard InChI is InChI=1S/C13H27NO2/c1-5-7-13(3,4)11-8-12(16-6-2)10-14(15)9-11/h11-12,15H,5-10H2,1-4H3. The number of rotatable bonds is 5. The van der Waals surface area contributed by atoms with Crippen LogP contribution >= 0.6 is 0 Å². The Hall–Kier alpha value is -0.120. The van der Waals surface area contributed by atoms with Crippen molar-refractivity contribution in [2.75, 3.05) is 19.7 Å². The maximum atomic E-state index is 9.76. The Labute approximate surface area is 99.7 Å². The van der Waals surface area contributed by atoms with Crippen molar-refractivity contribution in [3.05, 3.63) is 0 Å². The van der Waals surface area contributed by atoms with Gasteiger partial charge in [0.25, 0.3) is 0 Å². The Bertz CT molecular complexity index is 206. The molecule has 0 radical (unpaired) electrons. The van der Waals surface area contributed by atoms with Crippen molar-refractivity contribution in [1.29, 1.82) is 0 Å². The van der Waals surface area contributed by atoms with Crippen molar-refractivity contribution in [1.82, 2.24) is 5.06 Å². The summed E-state index contributed by atoms with van der Waals surface area (Å²) in [6.07, 6.45) is 3.70. The first kappa shape index (κ1) is 13.9. The van der Waals surface area contributed by atoms with E-state index in [1.165, 1.54) is 17.9 Å². The van der Waals surface area contributed by atoms with Gasteiger partial charge in [-0.25, -0.2) is 0 Å². The van der Waals surface area contributed by atoms with Crippen LogP contribution in [0.4, 0.5) is 0 Å². The second-order valence-corrected chi connectivity index (χ2v) is 5.62. The van der Waals surface area contributed by atoms with E-state index in [-0.39, 0.29) is 6.10 Å². The highest BCUT2D eigenvalue weighted by molar-refractivity contribution is 4.86. The van der Waals surface area contributed by atoms with Crippen molar-refractivity contribution in [2.45, 2.75) is 53.1 Å². The van der Waals surface area contributed by atoms with Crippen molar-refractivity contribution in [3.63, 3.8) is 0 Å². The summed E-state index contributed by atoms with van der Waals surface area (Å²) in [6, 6.07) is 0. The summed E-state index contributed by atoms with van der Waals surface area (Å²) in [5.41, 5.74) is 0.297. The molecule has 0 spiro atoms. The number of ether oxygens (including phenoxy) is 1. The van der Waals surface area contributed by atoms with Crippen molar-refractivity contribution in [2.24, 2.45) is 11.3 Å². The topological polar surface area (TPSA) is 32.7 Å². The molecule has 0 aromatic heterocycles. The van der Waals surface area contributed by atoms with Gasteiger partial charge in [-0.2, -0.15) is 5.06 Å². The fraction of sp³-hybridized carbons (Fsp3) is 1.00. The Morgan fingerprint density at radius 3 is 2.56 bits per heavy atom. The van der Waals surface area contributed by atoms with Crippen LogP contribution in [0.2, 0.25) is 0 Å². The highest BCUT2D eigenvalue weighted by Crippen LogP contribution is 2.37. The summed E-state index contributed by atoms with van der Waals surface area (Å²) < 4.78 is 5.66. The van der Waals surface area contributed by atoms with Gasteiger partial charge in [-0.3, -0.25) is 0 Å². The number of piperidine rings is 1. The van der Waals surface area contributed by atoms with Crippen LogP contribution in [-0.4, -0.2) is 36.1 Å². The van der Waals surface area contributed by atoms with E-state index in [1.807, 2.05) is 6.92 Å². The van der Waals surface area contributed by atoms with Gasteiger partial charge >= 0.3 is 0 Å². The monoisotopic (exact) mass is 229 g/mol. The lowest BCUT2D eigenvalue weighted by molar-refractivity contribution is -0.170. The van der Waals surface area contributed by atoms with Gasteiger partial charge in [0.2, 0.25) is 0 Å². The molecule has 1 fully saturated rings. The maximum absolute atomic E-state index is 9.76. The molecule has 0 bridgehead atoms. The van der Waals surface area contributed by atoms with Crippen molar-refractivity contribution < 1.29 is 9.94 Å². The summed E-state index contributed by atoms with van der Waals surface area (Å²) >= 11 is 0. The quantitative estimate of drug-likeness (QED) is 0.786. The third-order valence-electron chi connectivity index (χ3n) is 3.79. The number of nitrogens with zero attached hydrogens (tertiary/aromatic N) is 1. The average molecular weight is 229 g/mol. The normalized spacial score (nSPS) is 28.3.